The van der Waals surface area contributed by atoms with Gasteiger partial charge < -0.3 is 30.1 Å². The second-order valence-corrected chi connectivity index (χ2v) is 10.0. The van der Waals surface area contributed by atoms with E-state index >= 15 is 0 Å². The third-order valence-corrected chi connectivity index (χ3v) is 7.26. The number of carboxylic acid groups (broad SMARTS) is 1. The minimum atomic E-state index is -1.41. The molecule has 0 spiro atoms. The molecule has 4 N–H and O–H groups in total. The molecule has 0 unspecified atom stereocenters. The predicted molar refractivity (Wildman–Crippen MR) is 142 cm³/mol. The number of carboxylic acids is 1. The van der Waals surface area contributed by atoms with E-state index in [1.807, 2.05) is 48.5 Å². The number of benzene rings is 3. The molecule has 3 aromatic carbocycles. The molecule has 38 heavy (non-hydrogen) atoms. The first-order valence-electron chi connectivity index (χ1n) is 12.5. The van der Waals surface area contributed by atoms with Gasteiger partial charge in [-0.25, -0.2) is 4.79 Å². The van der Waals surface area contributed by atoms with Gasteiger partial charge in [0.2, 0.25) is 0 Å². The number of fused-ring (bicyclic) bond motifs is 1. The molecular formula is C30H33NO7. The van der Waals surface area contributed by atoms with E-state index in [4.69, 9.17) is 9.47 Å². The van der Waals surface area contributed by atoms with Crippen molar-refractivity contribution in [1.82, 2.24) is 5.32 Å². The molecule has 0 aliphatic heterocycles. The molecule has 200 valence electrons. The lowest BCUT2D eigenvalue weighted by molar-refractivity contribution is -0.144. The number of nitrogens with one attached hydrogen (secondary N) is 1. The molecule has 0 heterocycles. The summed E-state index contributed by atoms with van der Waals surface area (Å²) in [6, 6.07) is 19.9. The number of aliphatic carboxylic acids is 1. The zero-order valence-electron chi connectivity index (χ0n) is 21.6. The maximum atomic E-state index is 13.2. The van der Waals surface area contributed by atoms with Gasteiger partial charge in [0, 0.05) is 30.2 Å². The SMILES string of the molecule is COc1ccc(C(=O)NC2(C(=O)O)Cc3ccccc3C2)cc1OCCc1cccc(C(C)(CO)CO)c1. The van der Waals surface area contributed by atoms with Crippen LogP contribution < -0.4 is 14.8 Å². The minimum Gasteiger partial charge on any atom is -0.493 e. The van der Waals surface area contributed by atoms with Gasteiger partial charge in [-0.1, -0.05) is 55.5 Å². The summed E-state index contributed by atoms with van der Waals surface area (Å²) >= 11 is 0. The Morgan fingerprint density at radius 3 is 2.24 bits per heavy atom. The summed E-state index contributed by atoms with van der Waals surface area (Å²) in [4.78, 5) is 25.4. The Kier molecular flexibility index (Phi) is 8.04. The Hall–Kier alpha value is -3.88. The number of methoxy groups -OCH3 is 1. The van der Waals surface area contributed by atoms with Crippen LogP contribution in [0.4, 0.5) is 0 Å². The van der Waals surface area contributed by atoms with E-state index in [-0.39, 0.29) is 38.2 Å². The average molecular weight is 520 g/mol. The van der Waals surface area contributed by atoms with Crippen molar-refractivity contribution in [3.05, 3.63) is 94.5 Å². The first-order valence-corrected chi connectivity index (χ1v) is 12.5. The van der Waals surface area contributed by atoms with Crippen LogP contribution in [0.5, 0.6) is 11.5 Å². The van der Waals surface area contributed by atoms with E-state index in [0.29, 0.717) is 17.9 Å². The van der Waals surface area contributed by atoms with Crippen molar-refractivity contribution in [2.24, 2.45) is 0 Å². The summed E-state index contributed by atoms with van der Waals surface area (Å²) in [6.07, 6.45) is 0.976. The third kappa shape index (κ3) is 5.51. The number of aliphatic hydroxyl groups excluding tert-OH is 2. The monoisotopic (exact) mass is 519 g/mol. The topological polar surface area (TPSA) is 125 Å². The number of carbonyl (C=O) groups excluding carboxylic acids is 1. The van der Waals surface area contributed by atoms with Crippen LogP contribution in [0.1, 0.15) is 39.5 Å². The Morgan fingerprint density at radius 2 is 1.63 bits per heavy atom. The maximum absolute atomic E-state index is 13.2. The molecule has 8 heteroatoms. The number of hydrogen-bond acceptors (Lipinski definition) is 6. The van der Waals surface area contributed by atoms with Crippen molar-refractivity contribution in [3.8, 4) is 11.5 Å². The van der Waals surface area contributed by atoms with Gasteiger partial charge in [-0.2, -0.15) is 0 Å². The molecule has 8 nitrogen and oxygen atoms in total. The normalized spacial score (nSPS) is 14.0. The van der Waals surface area contributed by atoms with E-state index in [0.717, 1.165) is 22.3 Å². The Labute approximate surface area is 221 Å². The van der Waals surface area contributed by atoms with Crippen molar-refractivity contribution >= 4 is 11.9 Å². The number of carbonyl (C=O) groups is 2. The molecule has 0 fully saturated rings. The van der Waals surface area contributed by atoms with Gasteiger partial charge in [0.15, 0.2) is 11.5 Å². The van der Waals surface area contributed by atoms with Gasteiger partial charge in [0.05, 0.1) is 26.9 Å². The van der Waals surface area contributed by atoms with Gasteiger partial charge in [0.1, 0.15) is 5.54 Å². The van der Waals surface area contributed by atoms with Gasteiger partial charge in [-0.05, 0) is 40.5 Å². The molecule has 0 aromatic heterocycles. The average Bonchev–Trinajstić information content (AvgIpc) is 3.32. The number of rotatable bonds is 11. The predicted octanol–water partition coefficient (Wildman–Crippen LogP) is 2.91. The summed E-state index contributed by atoms with van der Waals surface area (Å²) in [5, 5.41) is 32.2. The van der Waals surface area contributed by atoms with E-state index in [1.54, 1.807) is 25.1 Å². The van der Waals surface area contributed by atoms with E-state index < -0.39 is 22.8 Å². The summed E-state index contributed by atoms with van der Waals surface area (Å²) in [6.45, 7) is 1.73. The molecule has 0 bridgehead atoms. The number of hydrogen-bond donors (Lipinski definition) is 4. The van der Waals surface area contributed by atoms with Crippen LogP contribution >= 0.6 is 0 Å². The van der Waals surface area contributed by atoms with E-state index in [9.17, 15) is 24.9 Å². The lowest BCUT2D eigenvalue weighted by Gasteiger charge is -2.26. The molecule has 0 saturated carbocycles. The minimum absolute atomic E-state index is 0.176. The molecule has 4 rings (SSSR count). The van der Waals surface area contributed by atoms with Crippen molar-refractivity contribution < 1.29 is 34.4 Å². The van der Waals surface area contributed by atoms with Crippen LogP contribution in [0.25, 0.3) is 0 Å². The zero-order valence-corrected chi connectivity index (χ0v) is 21.6. The second kappa shape index (κ2) is 11.2. The van der Waals surface area contributed by atoms with Crippen LogP contribution in [-0.2, 0) is 29.5 Å². The number of ether oxygens (including phenoxy) is 2. The van der Waals surface area contributed by atoms with Crippen LogP contribution in [0.15, 0.2) is 66.7 Å². The van der Waals surface area contributed by atoms with Crippen LogP contribution in [-0.4, -0.2) is 59.7 Å². The molecule has 0 atom stereocenters. The lowest BCUT2D eigenvalue weighted by atomic mass is 9.83. The summed E-state index contributed by atoms with van der Waals surface area (Å²) < 4.78 is 11.4. The first-order chi connectivity index (χ1) is 18.2. The highest BCUT2D eigenvalue weighted by molar-refractivity contribution is 5.99. The third-order valence-electron chi connectivity index (χ3n) is 7.26. The van der Waals surface area contributed by atoms with Crippen molar-refractivity contribution in [2.75, 3.05) is 26.9 Å². The zero-order chi connectivity index (χ0) is 27.3. The number of aliphatic hydroxyl groups is 2. The van der Waals surface area contributed by atoms with E-state index in [2.05, 4.69) is 5.32 Å². The molecule has 1 aliphatic carbocycles. The highest BCUT2D eigenvalue weighted by Crippen LogP contribution is 2.32. The molecule has 1 aliphatic rings. The summed E-state index contributed by atoms with van der Waals surface area (Å²) in [5.74, 6) is -0.768. The maximum Gasteiger partial charge on any atom is 0.330 e. The van der Waals surface area contributed by atoms with E-state index in [1.165, 1.54) is 7.11 Å². The van der Waals surface area contributed by atoms with Crippen molar-refractivity contribution in [2.45, 2.75) is 37.1 Å². The van der Waals surface area contributed by atoms with Crippen LogP contribution in [0.3, 0.4) is 0 Å². The fraction of sp³-hybridized carbons (Fsp3) is 0.333. The Balaban J connectivity index is 1.47. The molecule has 0 saturated heterocycles. The highest BCUT2D eigenvalue weighted by Gasteiger charge is 2.45. The Bertz CT molecular complexity index is 1290. The van der Waals surface area contributed by atoms with Gasteiger partial charge in [-0.3, -0.25) is 4.79 Å². The molecule has 3 aromatic rings. The fourth-order valence-electron chi connectivity index (χ4n) is 4.74. The van der Waals surface area contributed by atoms with Crippen molar-refractivity contribution in [1.29, 1.82) is 0 Å². The van der Waals surface area contributed by atoms with Crippen molar-refractivity contribution in [3.63, 3.8) is 0 Å². The van der Waals surface area contributed by atoms with Gasteiger partial charge in [0.25, 0.3) is 5.91 Å². The lowest BCUT2D eigenvalue weighted by Crippen LogP contribution is -2.55. The quantitative estimate of drug-likeness (QED) is 0.307. The van der Waals surface area contributed by atoms with Crippen LogP contribution in [0, 0.1) is 0 Å². The largest absolute Gasteiger partial charge is 0.493 e. The molecule has 0 radical (unpaired) electrons. The Morgan fingerprint density at radius 1 is 0.947 bits per heavy atom. The van der Waals surface area contributed by atoms with Gasteiger partial charge in [-0.15, -0.1) is 0 Å². The highest BCUT2D eigenvalue weighted by atomic mass is 16.5. The summed E-state index contributed by atoms with van der Waals surface area (Å²) in [5.41, 5.74) is 1.74. The van der Waals surface area contributed by atoms with Gasteiger partial charge >= 0.3 is 5.97 Å². The fourth-order valence-corrected chi connectivity index (χ4v) is 4.74. The molecule has 1 amide bonds. The van der Waals surface area contributed by atoms with Crippen LogP contribution in [0.2, 0.25) is 0 Å². The number of amides is 1. The molecular weight excluding hydrogens is 486 g/mol. The first kappa shape index (κ1) is 27.2. The summed E-state index contributed by atoms with van der Waals surface area (Å²) in [7, 11) is 1.51. The second-order valence-electron chi connectivity index (χ2n) is 10.0. The standard InChI is InChI=1S/C30H33NO7/c1-29(18-32,19-33)24-9-5-6-20(14-24)12-13-38-26-15-21(10-11-25(26)37-2)27(34)31-30(28(35)36)16-22-7-3-4-8-23(22)17-30/h3-11,14-15,32-33H,12-13,16-19H2,1-2H3,(H,31,34)(H,35,36). The smallest absolute Gasteiger partial charge is 0.330 e.